The first-order chi connectivity index (χ1) is 13.3. The van der Waals surface area contributed by atoms with E-state index >= 15 is 0 Å². The summed E-state index contributed by atoms with van der Waals surface area (Å²) in [4.78, 5) is 11.6. The highest BCUT2D eigenvalue weighted by Gasteiger charge is 2.24. The number of aromatic nitrogens is 4. The van der Waals surface area contributed by atoms with E-state index in [0.29, 0.717) is 0 Å². The fraction of sp³-hybridized carbons (Fsp3) is 0.0556. The SMILES string of the molecule is Cc1ccc(S(=O)(=O)n2cc(-c3ncc(F)c(N)n3)c3cc(F)cnc32)cc1. The summed E-state index contributed by atoms with van der Waals surface area (Å²) >= 11 is 0. The lowest BCUT2D eigenvalue weighted by Gasteiger charge is -2.07. The van der Waals surface area contributed by atoms with Gasteiger partial charge in [0, 0.05) is 17.1 Å². The van der Waals surface area contributed by atoms with Crippen molar-refractivity contribution < 1.29 is 17.2 Å². The molecule has 7 nitrogen and oxygen atoms in total. The maximum atomic E-state index is 13.8. The second-order valence-corrected chi connectivity index (χ2v) is 7.92. The van der Waals surface area contributed by atoms with E-state index in [1.54, 1.807) is 12.1 Å². The Morgan fingerprint density at radius 3 is 2.46 bits per heavy atom. The average molecular weight is 401 g/mol. The van der Waals surface area contributed by atoms with Crippen molar-refractivity contribution in [2.45, 2.75) is 11.8 Å². The molecule has 1 aromatic carbocycles. The summed E-state index contributed by atoms with van der Waals surface area (Å²) in [5.74, 6) is -1.94. The predicted octanol–water partition coefficient (Wildman–Crippen LogP) is 2.90. The number of nitrogens with zero attached hydrogens (tertiary/aromatic N) is 4. The van der Waals surface area contributed by atoms with Crippen LogP contribution in [0.1, 0.15) is 5.56 Å². The summed E-state index contributed by atoms with van der Waals surface area (Å²) in [6.07, 6.45) is 2.99. The molecule has 0 radical (unpaired) electrons. The molecule has 0 aliphatic heterocycles. The molecule has 0 aliphatic carbocycles. The largest absolute Gasteiger partial charge is 0.381 e. The van der Waals surface area contributed by atoms with Crippen LogP contribution in [0.5, 0.6) is 0 Å². The molecule has 0 spiro atoms. The summed E-state index contributed by atoms with van der Waals surface area (Å²) < 4.78 is 54.4. The van der Waals surface area contributed by atoms with Gasteiger partial charge < -0.3 is 5.73 Å². The third-order valence-electron chi connectivity index (χ3n) is 4.17. The maximum Gasteiger partial charge on any atom is 0.269 e. The Hall–Kier alpha value is -3.40. The van der Waals surface area contributed by atoms with E-state index in [2.05, 4.69) is 15.0 Å². The van der Waals surface area contributed by atoms with Crippen LogP contribution >= 0.6 is 0 Å². The van der Waals surface area contributed by atoms with Gasteiger partial charge in [0.05, 0.1) is 17.3 Å². The van der Waals surface area contributed by atoms with Crippen LogP contribution in [0.3, 0.4) is 0 Å². The van der Waals surface area contributed by atoms with Crippen molar-refractivity contribution >= 4 is 26.9 Å². The van der Waals surface area contributed by atoms with E-state index in [1.807, 2.05) is 6.92 Å². The zero-order valence-electron chi connectivity index (χ0n) is 14.5. The van der Waals surface area contributed by atoms with Gasteiger partial charge in [0.25, 0.3) is 10.0 Å². The first kappa shape index (κ1) is 18.0. The molecule has 0 atom stereocenters. The fourth-order valence-corrected chi connectivity index (χ4v) is 4.07. The Morgan fingerprint density at radius 1 is 1.07 bits per heavy atom. The van der Waals surface area contributed by atoms with Crippen molar-refractivity contribution in [2.24, 2.45) is 0 Å². The van der Waals surface area contributed by atoms with Crippen molar-refractivity contribution in [2.75, 3.05) is 5.73 Å². The molecule has 0 unspecified atom stereocenters. The summed E-state index contributed by atoms with van der Waals surface area (Å²) in [7, 11) is -4.03. The molecule has 0 saturated heterocycles. The van der Waals surface area contributed by atoms with Gasteiger partial charge in [0.2, 0.25) is 0 Å². The third-order valence-corrected chi connectivity index (χ3v) is 5.83. The van der Waals surface area contributed by atoms with Crippen LogP contribution in [0.15, 0.2) is 53.8 Å². The van der Waals surface area contributed by atoms with Gasteiger partial charge in [-0.25, -0.2) is 36.1 Å². The normalized spacial score (nSPS) is 11.8. The van der Waals surface area contributed by atoms with Gasteiger partial charge in [0.1, 0.15) is 5.82 Å². The standard InChI is InChI=1S/C18H13F2N5O2S/c1-10-2-4-12(5-3-10)28(26,27)25-9-14(13-6-11(19)7-23-18(13)25)17-22-8-15(20)16(21)24-17/h2-9H,1H3,(H2,21,22,24). The molecule has 0 fully saturated rings. The highest BCUT2D eigenvalue weighted by molar-refractivity contribution is 7.90. The second-order valence-electron chi connectivity index (χ2n) is 6.11. The number of nitrogens with two attached hydrogens (primary N) is 1. The van der Waals surface area contributed by atoms with E-state index in [0.717, 1.165) is 28.0 Å². The minimum atomic E-state index is -4.03. The predicted molar refractivity (Wildman–Crippen MR) is 98.9 cm³/mol. The highest BCUT2D eigenvalue weighted by atomic mass is 32.2. The molecule has 0 bridgehead atoms. The Kier molecular flexibility index (Phi) is 4.07. The summed E-state index contributed by atoms with van der Waals surface area (Å²) in [6.45, 7) is 1.83. The molecular formula is C18H13F2N5O2S. The lowest BCUT2D eigenvalue weighted by atomic mass is 10.2. The number of rotatable bonds is 3. The summed E-state index contributed by atoms with van der Waals surface area (Å²) in [5.41, 5.74) is 6.53. The smallest absolute Gasteiger partial charge is 0.269 e. The van der Waals surface area contributed by atoms with Crippen LogP contribution < -0.4 is 5.73 Å². The van der Waals surface area contributed by atoms with E-state index in [1.165, 1.54) is 18.3 Å². The number of aryl methyl sites for hydroxylation is 1. The number of hydrogen-bond acceptors (Lipinski definition) is 6. The molecule has 3 heterocycles. The summed E-state index contributed by atoms with van der Waals surface area (Å²) in [5, 5.41) is 0.154. The first-order valence-electron chi connectivity index (χ1n) is 8.04. The van der Waals surface area contributed by atoms with E-state index in [4.69, 9.17) is 5.73 Å². The van der Waals surface area contributed by atoms with Crippen molar-refractivity contribution in [3.63, 3.8) is 0 Å². The second kappa shape index (κ2) is 6.34. The topological polar surface area (TPSA) is 104 Å². The van der Waals surface area contributed by atoms with Crippen molar-refractivity contribution in [3.8, 4) is 11.4 Å². The first-order valence-corrected chi connectivity index (χ1v) is 9.48. The Labute approximate surface area is 158 Å². The molecule has 0 amide bonds. The minimum absolute atomic E-state index is 0.0107. The number of benzene rings is 1. The van der Waals surface area contributed by atoms with Crippen molar-refractivity contribution in [1.29, 1.82) is 0 Å². The van der Waals surface area contributed by atoms with Gasteiger partial charge >= 0.3 is 0 Å². The van der Waals surface area contributed by atoms with E-state index < -0.39 is 27.5 Å². The lowest BCUT2D eigenvalue weighted by molar-refractivity contribution is 0.588. The fourth-order valence-electron chi connectivity index (χ4n) is 2.75. The van der Waals surface area contributed by atoms with Crippen LogP contribution in [0.2, 0.25) is 0 Å². The number of halogens is 2. The number of hydrogen-bond donors (Lipinski definition) is 1. The van der Waals surface area contributed by atoms with E-state index in [-0.39, 0.29) is 27.3 Å². The number of fused-ring (bicyclic) bond motifs is 1. The molecule has 3 aromatic heterocycles. The zero-order chi connectivity index (χ0) is 20.1. The molecule has 0 saturated carbocycles. The van der Waals surface area contributed by atoms with Crippen LogP contribution in [-0.2, 0) is 10.0 Å². The van der Waals surface area contributed by atoms with Gasteiger partial charge in [0.15, 0.2) is 23.1 Å². The maximum absolute atomic E-state index is 13.8. The van der Waals surface area contributed by atoms with Crippen LogP contribution in [0, 0.1) is 18.6 Å². The van der Waals surface area contributed by atoms with Gasteiger partial charge in [-0.2, -0.15) is 0 Å². The van der Waals surface area contributed by atoms with Crippen LogP contribution in [-0.4, -0.2) is 27.3 Å². The molecule has 2 N–H and O–H groups in total. The van der Waals surface area contributed by atoms with Crippen molar-refractivity contribution in [3.05, 3.63) is 66.1 Å². The quantitative estimate of drug-likeness (QED) is 0.566. The number of anilines is 1. The zero-order valence-corrected chi connectivity index (χ0v) is 15.3. The molecule has 4 rings (SSSR count). The van der Waals surface area contributed by atoms with Gasteiger partial charge in [-0.05, 0) is 25.1 Å². The monoisotopic (exact) mass is 401 g/mol. The van der Waals surface area contributed by atoms with Crippen LogP contribution in [0.25, 0.3) is 22.4 Å². The molecule has 28 heavy (non-hydrogen) atoms. The molecule has 0 aliphatic rings. The Morgan fingerprint density at radius 2 is 1.79 bits per heavy atom. The van der Waals surface area contributed by atoms with Gasteiger partial charge in [-0.3, -0.25) is 0 Å². The van der Waals surface area contributed by atoms with Gasteiger partial charge in [-0.1, -0.05) is 17.7 Å². The Bertz CT molecular complexity index is 1320. The van der Waals surface area contributed by atoms with Gasteiger partial charge in [-0.15, -0.1) is 0 Å². The molecule has 4 aromatic rings. The molecule has 10 heteroatoms. The van der Waals surface area contributed by atoms with E-state index in [9.17, 15) is 17.2 Å². The lowest BCUT2D eigenvalue weighted by Crippen LogP contribution is -2.12. The molecule has 142 valence electrons. The minimum Gasteiger partial charge on any atom is -0.381 e. The average Bonchev–Trinajstić information content (AvgIpc) is 3.04. The van der Waals surface area contributed by atoms with Crippen molar-refractivity contribution in [1.82, 2.24) is 18.9 Å². The third kappa shape index (κ3) is 2.87. The number of nitrogen functional groups attached to an aromatic ring is 1. The Balaban J connectivity index is 2.00. The highest BCUT2D eigenvalue weighted by Crippen LogP contribution is 2.31. The number of pyridine rings is 1. The molecular weight excluding hydrogens is 388 g/mol. The van der Waals surface area contributed by atoms with Crippen LogP contribution in [0.4, 0.5) is 14.6 Å². The summed E-state index contributed by atoms with van der Waals surface area (Å²) in [6, 6.07) is 7.37.